The monoisotopic (exact) mass is 280 g/mol. The lowest BCUT2D eigenvalue weighted by atomic mass is 9.88. The van der Waals surface area contributed by atoms with Gasteiger partial charge in [0.25, 0.3) is 0 Å². The molecule has 3 fully saturated rings. The van der Waals surface area contributed by atoms with Crippen LogP contribution in [0.15, 0.2) is 0 Å². The van der Waals surface area contributed by atoms with Crippen LogP contribution in [0.25, 0.3) is 0 Å². The normalized spacial score (nSPS) is 33.0. The Morgan fingerprint density at radius 1 is 1.10 bits per heavy atom. The zero-order valence-electron chi connectivity index (χ0n) is 12.6. The second kappa shape index (κ2) is 6.44. The third-order valence-corrected chi connectivity index (χ3v) is 5.62. The van der Waals surface area contributed by atoms with Crippen LogP contribution in [0.4, 0.5) is 0 Å². The molecule has 3 rings (SSSR count). The Hall–Kier alpha value is -0.610. The largest absolute Gasteiger partial charge is 0.381 e. The van der Waals surface area contributed by atoms with Crippen LogP contribution in [0.1, 0.15) is 44.9 Å². The van der Waals surface area contributed by atoms with Gasteiger partial charge in [-0.05, 0) is 37.6 Å². The molecule has 4 heteroatoms. The zero-order chi connectivity index (χ0) is 13.9. The second-order valence-corrected chi connectivity index (χ2v) is 6.76. The summed E-state index contributed by atoms with van der Waals surface area (Å²) in [6, 6.07) is 0.0831. The number of likely N-dealkylation sites (tertiary alicyclic amines) is 1. The van der Waals surface area contributed by atoms with Gasteiger partial charge in [0.15, 0.2) is 0 Å². The lowest BCUT2D eigenvalue weighted by Crippen LogP contribution is -2.48. The lowest BCUT2D eigenvalue weighted by molar-refractivity contribution is -0.135. The number of methoxy groups -OCH3 is 1. The minimum atomic E-state index is 0.0831. The molecule has 1 saturated carbocycles. The van der Waals surface area contributed by atoms with Crippen LogP contribution in [0, 0.1) is 11.8 Å². The first-order chi connectivity index (χ1) is 9.78. The molecule has 20 heavy (non-hydrogen) atoms. The Morgan fingerprint density at radius 3 is 2.45 bits per heavy atom. The van der Waals surface area contributed by atoms with E-state index in [0.29, 0.717) is 12.0 Å². The number of amides is 1. The molecule has 0 spiro atoms. The maximum absolute atomic E-state index is 12.6. The van der Waals surface area contributed by atoms with Gasteiger partial charge in [-0.1, -0.05) is 25.7 Å². The van der Waals surface area contributed by atoms with E-state index in [1.807, 2.05) is 4.90 Å². The number of ether oxygens (including phenoxy) is 1. The summed E-state index contributed by atoms with van der Waals surface area (Å²) in [6.07, 6.45) is 8.94. The van der Waals surface area contributed by atoms with E-state index >= 15 is 0 Å². The molecule has 0 bridgehead atoms. The highest BCUT2D eigenvalue weighted by molar-refractivity contribution is 5.82. The van der Waals surface area contributed by atoms with Crippen molar-refractivity contribution in [2.75, 3.05) is 26.7 Å². The Kier molecular flexibility index (Phi) is 4.61. The zero-order valence-corrected chi connectivity index (χ0v) is 12.6. The predicted octanol–water partition coefficient (Wildman–Crippen LogP) is 1.79. The number of carbonyl (C=O) groups excluding carboxylic acids is 1. The molecular formula is C16H28N2O2. The highest BCUT2D eigenvalue weighted by atomic mass is 16.5. The summed E-state index contributed by atoms with van der Waals surface area (Å²) in [5.41, 5.74) is 0. The van der Waals surface area contributed by atoms with Gasteiger partial charge in [-0.25, -0.2) is 0 Å². The van der Waals surface area contributed by atoms with Crippen LogP contribution in [0.3, 0.4) is 0 Å². The molecule has 2 unspecified atom stereocenters. The average molecular weight is 280 g/mol. The number of carbonyl (C=O) groups is 1. The first-order valence-electron chi connectivity index (χ1n) is 8.33. The summed E-state index contributed by atoms with van der Waals surface area (Å²) >= 11 is 0. The maximum Gasteiger partial charge on any atom is 0.239 e. The smallest absolute Gasteiger partial charge is 0.239 e. The molecular weight excluding hydrogens is 252 g/mol. The third-order valence-electron chi connectivity index (χ3n) is 5.62. The van der Waals surface area contributed by atoms with Gasteiger partial charge >= 0.3 is 0 Å². The van der Waals surface area contributed by atoms with E-state index in [2.05, 4.69) is 5.32 Å². The molecule has 4 nitrogen and oxygen atoms in total. The molecule has 2 aliphatic heterocycles. The van der Waals surface area contributed by atoms with Crippen molar-refractivity contribution in [1.29, 1.82) is 0 Å². The van der Waals surface area contributed by atoms with E-state index in [1.165, 1.54) is 25.7 Å². The summed E-state index contributed by atoms with van der Waals surface area (Å²) in [5.74, 6) is 1.95. The number of piperidine rings is 1. The fraction of sp³-hybridized carbons (Fsp3) is 0.938. The lowest BCUT2D eigenvalue weighted by Gasteiger charge is -2.33. The fourth-order valence-corrected chi connectivity index (χ4v) is 4.27. The van der Waals surface area contributed by atoms with Crippen LogP contribution in [0.5, 0.6) is 0 Å². The average Bonchev–Trinajstić information content (AvgIpc) is 3.17. The van der Waals surface area contributed by atoms with Crippen LogP contribution in [-0.2, 0) is 9.53 Å². The van der Waals surface area contributed by atoms with E-state index < -0.39 is 0 Å². The molecule has 0 aromatic rings. The van der Waals surface area contributed by atoms with Crippen molar-refractivity contribution in [3.05, 3.63) is 0 Å². The minimum Gasteiger partial charge on any atom is -0.381 e. The van der Waals surface area contributed by atoms with Gasteiger partial charge in [0.2, 0.25) is 5.91 Å². The van der Waals surface area contributed by atoms with Crippen molar-refractivity contribution < 1.29 is 9.53 Å². The first-order valence-corrected chi connectivity index (χ1v) is 8.33. The van der Waals surface area contributed by atoms with Gasteiger partial charge in [0, 0.05) is 20.2 Å². The molecule has 2 heterocycles. The quantitative estimate of drug-likeness (QED) is 0.857. The Balaban J connectivity index is 1.48. The van der Waals surface area contributed by atoms with Gasteiger partial charge < -0.3 is 15.0 Å². The molecule has 0 radical (unpaired) electrons. The summed E-state index contributed by atoms with van der Waals surface area (Å²) < 4.78 is 5.38. The number of nitrogens with zero attached hydrogens (tertiary/aromatic N) is 1. The number of hydrogen-bond donors (Lipinski definition) is 1. The van der Waals surface area contributed by atoms with Crippen LogP contribution < -0.4 is 5.32 Å². The Morgan fingerprint density at radius 2 is 1.80 bits per heavy atom. The predicted molar refractivity (Wildman–Crippen MR) is 78.5 cm³/mol. The number of hydrogen-bond acceptors (Lipinski definition) is 3. The van der Waals surface area contributed by atoms with Crippen molar-refractivity contribution in [2.45, 2.75) is 57.1 Å². The molecule has 2 saturated heterocycles. The molecule has 0 aromatic carbocycles. The molecule has 114 valence electrons. The van der Waals surface area contributed by atoms with Gasteiger partial charge in [-0.15, -0.1) is 0 Å². The standard InChI is InChI=1S/C16H28N2O2/c1-20-14-6-8-18(9-7-14)16(19)15-10-13(11-17-15)12-4-2-3-5-12/h12-15,17H,2-11H2,1H3. The molecule has 1 N–H and O–H groups in total. The summed E-state index contributed by atoms with van der Waals surface area (Å²) in [7, 11) is 1.77. The molecule has 2 atom stereocenters. The van der Waals surface area contributed by atoms with Crippen molar-refractivity contribution in [3.8, 4) is 0 Å². The summed E-state index contributed by atoms with van der Waals surface area (Å²) in [5, 5.41) is 3.48. The van der Waals surface area contributed by atoms with E-state index in [1.54, 1.807) is 7.11 Å². The number of rotatable bonds is 3. The highest BCUT2D eigenvalue weighted by Crippen LogP contribution is 2.35. The van der Waals surface area contributed by atoms with Gasteiger partial charge in [0.1, 0.15) is 0 Å². The number of nitrogens with one attached hydrogen (secondary N) is 1. The Labute approximate surface area is 122 Å². The second-order valence-electron chi connectivity index (χ2n) is 6.76. The van der Waals surface area contributed by atoms with Crippen molar-refractivity contribution >= 4 is 5.91 Å². The topological polar surface area (TPSA) is 41.6 Å². The van der Waals surface area contributed by atoms with E-state index in [-0.39, 0.29) is 6.04 Å². The van der Waals surface area contributed by atoms with Crippen LogP contribution in [-0.4, -0.2) is 49.7 Å². The van der Waals surface area contributed by atoms with Gasteiger partial charge in [-0.3, -0.25) is 4.79 Å². The van der Waals surface area contributed by atoms with Crippen molar-refractivity contribution in [2.24, 2.45) is 11.8 Å². The van der Waals surface area contributed by atoms with Crippen molar-refractivity contribution in [1.82, 2.24) is 10.2 Å². The third kappa shape index (κ3) is 3.01. The highest BCUT2D eigenvalue weighted by Gasteiger charge is 2.37. The van der Waals surface area contributed by atoms with E-state index in [0.717, 1.165) is 50.7 Å². The Bertz CT molecular complexity index is 333. The minimum absolute atomic E-state index is 0.0831. The van der Waals surface area contributed by atoms with Gasteiger partial charge in [0.05, 0.1) is 12.1 Å². The summed E-state index contributed by atoms with van der Waals surface area (Å²) in [4.78, 5) is 14.6. The molecule has 0 aromatic heterocycles. The SMILES string of the molecule is COC1CCN(C(=O)C2CC(C3CCCC3)CN2)CC1. The van der Waals surface area contributed by atoms with Crippen LogP contribution in [0.2, 0.25) is 0 Å². The van der Waals surface area contributed by atoms with Gasteiger partial charge in [-0.2, -0.15) is 0 Å². The maximum atomic E-state index is 12.6. The van der Waals surface area contributed by atoms with Crippen molar-refractivity contribution in [3.63, 3.8) is 0 Å². The fourth-order valence-electron chi connectivity index (χ4n) is 4.27. The molecule has 3 aliphatic rings. The van der Waals surface area contributed by atoms with E-state index in [4.69, 9.17) is 4.74 Å². The molecule has 1 amide bonds. The summed E-state index contributed by atoms with van der Waals surface area (Å²) in [6.45, 7) is 2.78. The molecule has 1 aliphatic carbocycles. The van der Waals surface area contributed by atoms with E-state index in [9.17, 15) is 4.79 Å². The first kappa shape index (κ1) is 14.3. The van der Waals surface area contributed by atoms with Crippen LogP contribution >= 0.6 is 0 Å².